The number of aromatic nitrogens is 2. The van der Waals surface area contributed by atoms with Crippen molar-refractivity contribution >= 4 is 18.1 Å². The minimum atomic E-state index is -0.898. The van der Waals surface area contributed by atoms with E-state index < -0.39 is 5.97 Å². The summed E-state index contributed by atoms with van der Waals surface area (Å²) in [4.78, 5) is 15.3. The second-order valence-corrected chi connectivity index (χ2v) is 10.5. The normalized spacial score (nSPS) is 16.6. The van der Waals surface area contributed by atoms with E-state index in [-0.39, 0.29) is 10.8 Å². The van der Waals surface area contributed by atoms with Crippen molar-refractivity contribution in [2.24, 2.45) is 0 Å². The summed E-state index contributed by atoms with van der Waals surface area (Å²) < 4.78 is 2.13. The molecule has 0 radical (unpaired) electrons. The second kappa shape index (κ2) is 9.01. The maximum atomic E-state index is 11.1. The minimum absolute atomic E-state index is 0.159. The van der Waals surface area contributed by atoms with E-state index in [1.165, 1.54) is 35.1 Å². The Morgan fingerprint density at radius 3 is 2.30 bits per heavy atom. The van der Waals surface area contributed by atoms with Gasteiger partial charge in [0.2, 0.25) is 0 Å². The molecule has 0 saturated carbocycles. The van der Waals surface area contributed by atoms with Gasteiger partial charge in [-0.05, 0) is 76.5 Å². The van der Waals surface area contributed by atoms with Gasteiger partial charge in [-0.2, -0.15) is 0 Å². The molecule has 1 heterocycles. The SMILES string of the molecule is CC1(C)CCC(C)(C)c2cc(CCCn3ccnc3)c(/C=C/c3ccc(C(=O)O)cc3)cc21. The quantitative estimate of drug-likeness (QED) is 0.413. The lowest BCUT2D eigenvalue weighted by molar-refractivity contribution is 0.0697. The molecule has 0 amide bonds. The first kappa shape index (κ1) is 23.0. The van der Waals surface area contributed by atoms with Crippen LogP contribution in [0.25, 0.3) is 12.2 Å². The van der Waals surface area contributed by atoms with Gasteiger partial charge < -0.3 is 9.67 Å². The molecular weight excluding hydrogens is 408 g/mol. The first-order valence-electron chi connectivity index (χ1n) is 11.8. The molecule has 0 fully saturated rings. The van der Waals surface area contributed by atoms with Crippen LogP contribution in [0.2, 0.25) is 0 Å². The fourth-order valence-corrected chi connectivity index (χ4v) is 4.84. The van der Waals surface area contributed by atoms with E-state index in [1.807, 2.05) is 30.9 Å². The van der Waals surface area contributed by atoms with Crippen molar-refractivity contribution in [1.82, 2.24) is 9.55 Å². The van der Waals surface area contributed by atoms with Crippen molar-refractivity contribution in [2.75, 3.05) is 0 Å². The number of rotatable bonds is 7. The lowest BCUT2D eigenvalue weighted by Crippen LogP contribution is -2.34. The number of carboxylic acid groups (broad SMARTS) is 1. The Morgan fingerprint density at radius 2 is 1.70 bits per heavy atom. The van der Waals surface area contributed by atoms with Crippen molar-refractivity contribution in [3.8, 4) is 0 Å². The highest BCUT2D eigenvalue weighted by atomic mass is 16.4. The number of nitrogens with zero attached hydrogens (tertiary/aromatic N) is 2. The summed E-state index contributed by atoms with van der Waals surface area (Å²) >= 11 is 0. The van der Waals surface area contributed by atoms with Crippen molar-refractivity contribution < 1.29 is 9.90 Å². The highest BCUT2D eigenvalue weighted by molar-refractivity contribution is 5.88. The molecule has 0 aliphatic heterocycles. The Bertz CT molecular complexity index is 1150. The van der Waals surface area contributed by atoms with Gasteiger partial charge in [-0.15, -0.1) is 0 Å². The Morgan fingerprint density at radius 1 is 1.03 bits per heavy atom. The second-order valence-electron chi connectivity index (χ2n) is 10.5. The van der Waals surface area contributed by atoms with E-state index >= 15 is 0 Å². The van der Waals surface area contributed by atoms with Crippen molar-refractivity contribution in [3.05, 3.63) is 88.5 Å². The Labute approximate surface area is 197 Å². The molecule has 33 heavy (non-hydrogen) atoms. The van der Waals surface area contributed by atoms with E-state index in [0.29, 0.717) is 5.56 Å². The molecule has 0 bridgehead atoms. The molecule has 4 nitrogen and oxygen atoms in total. The number of hydrogen-bond donors (Lipinski definition) is 1. The third-order valence-electron chi connectivity index (χ3n) is 7.15. The zero-order valence-corrected chi connectivity index (χ0v) is 20.1. The first-order valence-corrected chi connectivity index (χ1v) is 11.8. The van der Waals surface area contributed by atoms with E-state index in [4.69, 9.17) is 5.11 Å². The minimum Gasteiger partial charge on any atom is -0.478 e. The Balaban J connectivity index is 1.68. The topological polar surface area (TPSA) is 55.1 Å². The summed E-state index contributed by atoms with van der Waals surface area (Å²) in [5.41, 5.74) is 7.22. The lowest BCUT2D eigenvalue weighted by Gasteiger charge is -2.42. The van der Waals surface area contributed by atoms with Gasteiger partial charge in [-0.3, -0.25) is 0 Å². The standard InChI is InChI=1S/C29H34N2O2/c1-28(2)13-14-29(3,4)26-19-24(12-9-21-7-10-22(11-8-21)27(32)33)23(18-25(26)28)6-5-16-31-17-15-30-20-31/h7-12,15,17-20H,5-6,13-14,16H2,1-4H3,(H,32,33)/b12-9+. The largest absolute Gasteiger partial charge is 0.478 e. The van der Waals surface area contributed by atoms with E-state index in [9.17, 15) is 4.79 Å². The van der Waals surface area contributed by atoms with Gasteiger partial charge in [-0.25, -0.2) is 9.78 Å². The van der Waals surface area contributed by atoms with Gasteiger partial charge >= 0.3 is 5.97 Å². The van der Waals surface area contributed by atoms with Crippen LogP contribution in [0, 0.1) is 0 Å². The third kappa shape index (κ3) is 5.11. The molecular formula is C29H34N2O2. The number of aromatic carboxylic acids is 1. The van der Waals surface area contributed by atoms with Gasteiger partial charge in [0.1, 0.15) is 0 Å². The van der Waals surface area contributed by atoms with Crippen LogP contribution >= 0.6 is 0 Å². The number of fused-ring (bicyclic) bond motifs is 1. The van der Waals surface area contributed by atoms with Gasteiger partial charge in [-0.1, -0.05) is 64.1 Å². The lowest BCUT2D eigenvalue weighted by atomic mass is 9.62. The monoisotopic (exact) mass is 442 g/mol. The average molecular weight is 443 g/mol. The number of imidazole rings is 1. The van der Waals surface area contributed by atoms with Crippen LogP contribution in [0.1, 0.15) is 85.1 Å². The van der Waals surface area contributed by atoms with Crippen LogP contribution in [0.5, 0.6) is 0 Å². The van der Waals surface area contributed by atoms with Crippen molar-refractivity contribution in [2.45, 2.75) is 70.8 Å². The molecule has 0 unspecified atom stereocenters. The summed E-state index contributed by atoms with van der Waals surface area (Å²) in [6, 6.07) is 11.9. The fourth-order valence-electron chi connectivity index (χ4n) is 4.84. The number of hydrogen-bond acceptors (Lipinski definition) is 2. The van der Waals surface area contributed by atoms with E-state index in [2.05, 4.69) is 61.5 Å². The Kier molecular flexibility index (Phi) is 6.29. The Hall–Kier alpha value is -3.14. The van der Waals surface area contributed by atoms with Gasteiger partial charge in [0, 0.05) is 18.9 Å². The van der Waals surface area contributed by atoms with Crippen molar-refractivity contribution in [1.29, 1.82) is 0 Å². The molecule has 1 aromatic heterocycles. The fraction of sp³-hybridized carbons (Fsp3) is 0.379. The molecule has 1 aliphatic carbocycles. The first-order chi connectivity index (χ1) is 15.7. The molecule has 0 saturated heterocycles. The summed E-state index contributed by atoms with van der Waals surface area (Å²) in [6.07, 6.45) is 14.4. The summed E-state index contributed by atoms with van der Waals surface area (Å²) in [6.45, 7) is 10.4. The zero-order valence-electron chi connectivity index (χ0n) is 20.1. The third-order valence-corrected chi connectivity index (χ3v) is 7.15. The van der Waals surface area contributed by atoms with Crippen LogP contribution in [-0.2, 0) is 23.8 Å². The average Bonchev–Trinajstić information content (AvgIpc) is 3.29. The summed E-state index contributed by atoms with van der Waals surface area (Å²) in [5.74, 6) is -0.898. The smallest absolute Gasteiger partial charge is 0.335 e. The van der Waals surface area contributed by atoms with Crippen LogP contribution in [0.15, 0.2) is 55.1 Å². The van der Waals surface area contributed by atoms with Crippen LogP contribution in [0.4, 0.5) is 0 Å². The number of benzene rings is 2. The number of carboxylic acids is 1. The molecule has 3 aromatic rings. The van der Waals surface area contributed by atoms with Crippen LogP contribution in [0.3, 0.4) is 0 Å². The maximum Gasteiger partial charge on any atom is 0.335 e. The molecule has 2 aromatic carbocycles. The van der Waals surface area contributed by atoms with E-state index in [0.717, 1.165) is 24.9 Å². The van der Waals surface area contributed by atoms with Gasteiger partial charge in [0.25, 0.3) is 0 Å². The summed E-state index contributed by atoms with van der Waals surface area (Å²) in [5, 5.41) is 9.15. The van der Waals surface area contributed by atoms with E-state index in [1.54, 1.807) is 12.1 Å². The van der Waals surface area contributed by atoms with Crippen molar-refractivity contribution in [3.63, 3.8) is 0 Å². The number of carbonyl (C=O) groups is 1. The molecule has 4 heteroatoms. The zero-order chi connectivity index (χ0) is 23.6. The molecule has 1 aliphatic rings. The highest BCUT2D eigenvalue weighted by Gasteiger charge is 2.37. The van der Waals surface area contributed by atoms with Crippen LogP contribution in [-0.4, -0.2) is 20.6 Å². The van der Waals surface area contributed by atoms with Crippen LogP contribution < -0.4 is 0 Å². The molecule has 4 rings (SSSR count). The highest BCUT2D eigenvalue weighted by Crippen LogP contribution is 2.46. The molecule has 1 N–H and O–H groups in total. The molecule has 172 valence electrons. The molecule has 0 atom stereocenters. The number of aryl methyl sites for hydroxylation is 2. The predicted molar refractivity (Wildman–Crippen MR) is 135 cm³/mol. The maximum absolute atomic E-state index is 11.1. The summed E-state index contributed by atoms with van der Waals surface area (Å²) in [7, 11) is 0. The van der Waals surface area contributed by atoms with Gasteiger partial charge in [0.15, 0.2) is 0 Å². The molecule has 0 spiro atoms. The van der Waals surface area contributed by atoms with Gasteiger partial charge in [0.05, 0.1) is 11.9 Å². The predicted octanol–water partition coefficient (Wildman–Crippen LogP) is 6.73.